The van der Waals surface area contributed by atoms with Gasteiger partial charge in [0.25, 0.3) is 5.91 Å². The summed E-state index contributed by atoms with van der Waals surface area (Å²) in [4.78, 5) is 17.8. The minimum absolute atomic E-state index is 0.162. The third-order valence-corrected chi connectivity index (χ3v) is 5.92. The number of carbonyl (C=O) groups is 1. The zero-order valence-electron chi connectivity index (χ0n) is 17.9. The molecule has 34 heavy (non-hydrogen) atoms. The van der Waals surface area contributed by atoms with E-state index >= 15 is 0 Å². The summed E-state index contributed by atoms with van der Waals surface area (Å²) in [6.07, 6.45) is -2.80. The smallest absolute Gasteiger partial charge is 0.312 e. The second-order valence-corrected chi connectivity index (χ2v) is 8.29. The van der Waals surface area contributed by atoms with Crippen molar-refractivity contribution in [2.24, 2.45) is 4.99 Å². The Bertz CT molecular complexity index is 1370. The average Bonchev–Trinajstić information content (AvgIpc) is 3.16. The number of allylic oxidation sites excluding steroid dienone is 1. The van der Waals surface area contributed by atoms with Crippen molar-refractivity contribution in [3.63, 3.8) is 0 Å². The van der Waals surface area contributed by atoms with Crippen molar-refractivity contribution >= 4 is 27.9 Å². The Labute approximate surface area is 198 Å². The van der Waals surface area contributed by atoms with Crippen LogP contribution in [0.15, 0.2) is 103 Å². The molecule has 0 fully saturated rings. The highest BCUT2D eigenvalue weighted by molar-refractivity contribution is 7.14. The normalized spacial score (nSPS) is 11.9. The number of benzene rings is 3. The van der Waals surface area contributed by atoms with Crippen molar-refractivity contribution in [2.45, 2.75) is 12.7 Å². The summed E-state index contributed by atoms with van der Waals surface area (Å²) >= 11 is 1.19. The first-order valence-electron chi connectivity index (χ1n) is 10.3. The molecule has 0 aliphatic heterocycles. The Morgan fingerprint density at radius 2 is 1.68 bits per heavy atom. The summed E-state index contributed by atoms with van der Waals surface area (Å²) in [6, 6.07) is 23.0. The van der Waals surface area contributed by atoms with E-state index in [2.05, 4.69) is 16.9 Å². The Kier molecular flexibility index (Phi) is 6.79. The molecular formula is C26H20F3N3OS. The van der Waals surface area contributed by atoms with Crippen LogP contribution in [-0.2, 0) is 12.7 Å². The molecule has 0 saturated carbocycles. The number of nitrogens with one attached hydrogen (secondary N) is 1. The van der Waals surface area contributed by atoms with Crippen LogP contribution >= 0.6 is 11.3 Å². The second-order valence-electron chi connectivity index (χ2n) is 7.31. The van der Waals surface area contributed by atoms with Gasteiger partial charge in [-0.25, -0.2) is 4.99 Å². The Morgan fingerprint density at radius 1 is 1.00 bits per heavy atom. The highest BCUT2D eigenvalue weighted by Crippen LogP contribution is 2.33. The van der Waals surface area contributed by atoms with E-state index < -0.39 is 11.7 Å². The molecule has 0 atom stereocenters. The fourth-order valence-corrected chi connectivity index (χ4v) is 4.47. The van der Waals surface area contributed by atoms with Gasteiger partial charge in [0.1, 0.15) is 5.00 Å². The van der Waals surface area contributed by atoms with E-state index in [4.69, 9.17) is 0 Å². The molecule has 4 nitrogen and oxygen atoms in total. The topological polar surface area (TPSA) is 46.4 Å². The second kappa shape index (κ2) is 9.93. The fourth-order valence-electron chi connectivity index (χ4n) is 3.39. The van der Waals surface area contributed by atoms with Gasteiger partial charge in [0.15, 0.2) is 4.80 Å². The Balaban J connectivity index is 1.88. The fraction of sp³-hybridized carbons (Fsp3) is 0.0769. The molecule has 172 valence electrons. The van der Waals surface area contributed by atoms with E-state index in [9.17, 15) is 18.0 Å². The summed E-state index contributed by atoms with van der Waals surface area (Å²) in [5.74, 6) is -0.296. The number of hydrogen-bond donors (Lipinski definition) is 1. The van der Waals surface area contributed by atoms with Crippen LogP contribution in [-0.4, -0.2) is 10.5 Å². The third-order valence-electron chi connectivity index (χ3n) is 4.93. The molecular weight excluding hydrogens is 459 g/mol. The van der Waals surface area contributed by atoms with E-state index in [-0.39, 0.29) is 11.6 Å². The van der Waals surface area contributed by atoms with Crippen LogP contribution in [0, 0.1) is 0 Å². The van der Waals surface area contributed by atoms with Crippen LogP contribution in [0.2, 0.25) is 0 Å². The first-order chi connectivity index (χ1) is 16.4. The molecule has 0 aliphatic carbocycles. The maximum atomic E-state index is 13.2. The number of aromatic nitrogens is 1. The molecule has 1 amide bonds. The zero-order chi connectivity index (χ0) is 24.1. The molecule has 0 unspecified atom stereocenters. The van der Waals surface area contributed by atoms with Crippen LogP contribution in [0.1, 0.15) is 15.9 Å². The lowest BCUT2D eigenvalue weighted by Gasteiger charge is -2.10. The van der Waals surface area contributed by atoms with E-state index in [1.165, 1.54) is 23.5 Å². The molecule has 0 bridgehead atoms. The number of nitrogens with zero attached hydrogens (tertiary/aromatic N) is 2. The minimum atomic E-state index is -4.47. The number of amides is 1. The zero-order valence-corrected chi connectivity index (χ0v) is 18.7. The lowest BCUT2D eigenvalue weighted by Crippen LogP contribution is -2.15. The molecule has 4 aromatic rings. The quantitative estimate of drug-likeness (QED) is 0.300. The van der Waals surface area contributed by atoms with Gasteiger partial charge in [-0.05, 0) is 30.3 Å². The Hall–Kier alpha value is -3.91. The molecule has 1 heterocycles. The van der Waals surface area contributed by atoms with Gasteiger partial charge in [-0.2, -0.15) is 13.2 Å². The van der Waals surface area contributed by atoms with Gasteiger partial charge < -0.3 is 9.88 Å². The number of thiazole rings is 1. The summed E-state index contributed by atoms with van der Waals surface area (Å²) in [6.45, 7) is 4.16. The number of carbonyl (C=O) groups excluding carboxylic acids is 1. The average molecular weight is 480 g/mol. The first kappa shape index (κ1) is 23.3. The van der Waals surface area contributed by atoms with E-state index in [1.54, 1.807) is 30.3 Å². The van der Waals surface area contributed by atoms with Gasteiger partial charge in [0, 0.05) is 17.7 Å². The van der Waals surface area contributed by atoms with Crippen LogP contribution in [0.4, 0.5) is 23.9 Å². The van der Waals surface area contributed by atoms with Gasteiger partial charge in [0.05, 0.1) is 16.9 Å². The van der Waals surface area contributed by atoms with Gasteiger partial charge in [-0.15, -0.1) is 6.58 Å². The highest BCUT2D eigenvalue weighted by Gasteiger charge is 2.30. The predicted molar refractivity (Wildman–Crippen MR) is 129 cm³/mol. The van der Waals surface area contributed by atoms with Gasteiger partial charge >= 0.3 is 6.18 Å². The number of rotatable bonds is 6. The van der Waals surface area contributed by atoms with Crippen molar-refractivity contribution < 1.29 is 18.0 Å². The maximum absolute atomic E-state index is 13.2. The summed E-state index contributed by atoms with van der Waals surface area (Å²) < 4.78 is 41.4. The van der Waals surface area contributed by atoms with Crippen molar-refractivity contribution in [2.75, 3.05) is 5.32 Å². The predicted octanol–water partition coefficient (Wildman–Crippen LogP) is 6.91. The van der Waals surface area contributed by atoms with E-state index in [1.807, 2.05) is 41.0 Å². The molecule has 8 heteroatoms. The SMILES string of the molecule is C=CCn1c(-c2ccccc2)c(NC(=O)c2ccccc2)sc1=Nc1cccc(C(F)(F)F)c1. The van der Waals surface area contributed by atoms with Crippen molar-refractivity contribution in [1.82, 2.24) is 4.57 Å². The summed E-state index contributed by atoms with van der Waals surface area (Å²) in [7, 11) is 0. The first-order valence-corrected chi connectivity index (χ1v) is 11.2. The molecule has 1 aromatic heterocycles. The molecule has 3 aromatic carbocycles. The summed E-state index contributed by atoms with van der Waals surface area (Å²) in [5.41, 5.74) is 1.40. The van der Waals surface area contributed by atoms with Crippen molar-refractivity contribution in [1.29, 1.82) is 0 Å². The van der Waals surface area contributed by atoms with Crippen LogP contribution in [0.3, 0.4) is 0 Å². The minimum Gasteiger partial charge on any atom is -0.312 e. The Morgan fingerprint density at radius 3 is 2.32 bits per heavy atom. The lowest BCUT2D eigenvalue weighted by atomic mass is 10.1. The number of halogens is 3. The van der Waals surface area contributed by atoms with Gasteiger partial charge in [-0.3, -0.25) is 4.79 Å². The molecule has 1 N–H and O–H groups in total. The van der Waals surface area contributed by atoms with E-state index in [0.717, 1.165) is 17.7 Å². The third kappa shape index (κ3) is 5.18. The maximum Gasteiger partial charge on any atom is 0.416 e. The number of alkyl halides is 3. The number of hydrogen-bond acceptors (Lipinski definition) is 3. The molecule has 4 rings (SSSR count). The summed E-state index contributed by atoms with van der Waals surface area (Å²) in [5, 5.41) is 3.49. The molecule has 0 spiro atoms. The van der Waals surface area contributed by atoms with Gasteiger partial charge in [0.2, 0.25) is 0 Å². The number of anilines is 1. The lowest BCUT2D eigenvalue weighted by molar-refractivity contribution is -0.137. The van der Waals surface area contributed by atoms with Crippen molar-refractivity contribution in [3.8, 4) is 11.3 Å². The monoisotopic (exact) mass is 479 g/mol. The standard InChI is InChI=1S/C26H20F3N3OS/c1-2-16-32-22(18-10-5-3-6-11-18)24(31-23(33)19-12-7-4-8-13-19)34-25(32)30-21-15-9-14-20(17-21)26(27,28)29/h2-15,17H,1,16H2,(H,31,33). The molecule has 0 saturated heterocycles. The largest absolute Gasteiger partial charge is 0.416 e. The van der Waals surface area contributed by atoms with Gasteiger partial charge in [-0.1, -0.05) is 72.0 Å². The van der Waals surface area contributed by atoms with Crippen LogP contribution in [0.5, 0.6) is 0 Å². The van der Waals surface area contributed by atoms with Crippen LogP contribution in [0.25, 0.3) is 11.3 Å². The van der Waals surface area contributed by atoms with E-state index in [0.29, 0.717) is 27.6 Å². The van der Waals surface area contributed by atoms with Crippen molar-refractivity contribution in [3.05, 3.63) is 114 Å². The van der Waals surface area contributed by atoms with Crippen LogP contribution < -0.4 is 10.1 Å². The highest BCUT2D eigenvalue weighted by atomic mass is 32.1. The molecule has 0 aliphatic rings. The molecule has 0 radical (unpaired) electrons.